The lowest BCUT2D eigenvalue weighted by Gasteiger charge is -1.94. The molecule has 0 aliphatic rings. The Bertz CT molecular complexity index is 198. The van der Waals surface area contributed by atoms with E-state index < -0.39 is 0 Å². The van der Waals surface area contributed by atoms with Crippen LogP contribution >= 0.6 is 0 Å². The number of nitrogens with two attached hydrogens (primary N) is 1. The van der Waals surface area contributed by atoms with Gasteiger partial charge in [0, 0.05) is 12.1 Å². The Morgan fingerprint density at radius 3 is 2.89 bits per heavy atom. The third-order valence-electron chi connectivity index (χ3n) is 1.09. The summed E-state index contributed by atoms with van der Waals surface area (Å²) >= 11 is 0. The molecule has 0 atom stereocenters. The average Bonchev–Trinajstić information content (AvgIpc) is 1.89. The van der Waals surface area contributed by atoms with Crippen LogP contribution in [0, 0.1) is 11.9 Å². The van der Waals surface area contributed by atoms with E-state index in [9.17, 15) is 4.39 Å². The van der Waals surface area contributed by atoms with Gasteiger partial charge < -0.3 is 5.73 Å². The molecular formula is C7H7FN. The smallest absolute Gasteiger partial charge is 0.128 e. The van der Waals surface area contributed by atoms with E-state index in [0.29, 0.717) is 5.56 Å². The molecule has 9 heavy (non-hydrogen) atoms. The molecule has 0 amide bonds. The fraction of sp³-hybridized carbons (Fsp3) is 0.143. The van der Waals surface area contributed by atoms with E-state index in [1.807, 2.05) is 0 Å². The molecule has 0 unspecified atom stereocenters. The predicted octanol–water partition coefficient (Wildman–Crippen LogP) is 1.08. The summed E-state index contributed by atoms with van der Waals surface area (Å²) in [6.45, 7) is 0.215. The quantitative estimate of drug-likeness (QED) is 0.595. The van der Waals surface area contributed by atoms with Gasteiger partial charge in [0.15, 0.2) is 0 Å². The van der Waals surface area contributed by atoms with E-state index in [-0.39, 0.29) is 12.4 Å². The lowest BCUT2D eigenvalue weighted by atomic mass is 10.2. The summed E-state index contributed by atoms with van der Waals surface area (Å²) in [5.41, 5.74) is 5.62. The Morgan fingerprint density at radius 1 is 1.67 bits per heavy atom. The number of hydrogen-bond acceptors (Lipinski definition) is 1. The van der Waals surface area contributed by atoms with Crippen LogP contribution in [0.2, 0.25) is 0 Å². The molecule has 0 aliphatic carbocycles. The highest BCUT2D eigenvalue weighted by atomic mass is 19.1. The van der Waals surface area contributed by atoms with E-state index in [1.54, 1.807) is 12.1 Å². The molecule has 1 rings (SSSR count). The van der Waals surface area contributed by atoms with Crippen LogP contribution in [0.15, 0.2) is 18.2 Å². The number of rotatable bonds is 1. The first-order chi connectivity index (χ1) is 4.34. The minimum atomic E-state index is -0.278. The summed E-state index contributed by atoms with van der Waals surface area (Å²) in [5.74, 6) is -0.278. The second-order valence-corrected chi connectivity index (χ2v) is 1.70. The van der Waals surface area contributed by atoms with Crippen LogP contribution in [0.4, 0.5) is 4.39 Å². The van der Waals surface area contributed by atoms with E-state index in [1.165, 1.54) is 6.07 Å². The summed E-state index contributed by atoms with van der Waals surface area (Å²) in [5, 5.41) is 0. The Hall–Kier alpha value is -0.890. The molecule has 47 valence electrons. The third-order valence-corrected chi connectivity index (χ3v) is 1.09. The van der Waals surface area contributed by atoms with Crippen molar-refractivity contribution in [2.45, 2.75) is 6.54 Å². The maximum absolute atomic E-state index is 12.5. The minimum absolute atomic E-state index is 0.215. The molecule has 1 aromatic rings. The maximum atomic E-state index is 12.5. The minimum Gasteiger partial charge on any atom is -0.326 e. The SMILES string of the molecule is NCc1[c]cccc1F. The van der Waals surface area contributed by atoms with Gasteiger partial charge in [0.1, 0.15) is 5.82 Å². The van der Waals surface area contributed by atoms with Gasteiger partial charge in [-0.15, -0.1) is 0 Å². The normalized spacial score (nSPS) is 9.56. The average molecular weight is 124 g/mol. The first-order valence-corrected chi connectivity index (χ1v) is 2.69. The molecule has 0 aromatic heterocycles. The molecule has 0 spiro atoms. The van der Waals surface area contributed by atoms with Crippen LogP contribution in [-0.4, -0.2) is 0 Å². The van der Waals surface area contributed by atoms with E-state index in [0.717, 1.165) is 0 Å². The second-order valence-electron chi connectivity index (χ2n) is 1.70. The summed E-state index contributed by atoms with van der Waals surface area (Å²) in [6.07, 6.45) is 0. The molecule has 2 N–H and O–H groups in total. The number of benzene rings is 1. The Kier molecular flexibility index (Phi) is 1.80. The van der Waals surface area contributed by atoms with Crippen LogP contribution in [0.1, 0.15) is 5.56 Å². The fourth-order valence-electron chi connectivity index (χ4n) is 0.607. The zero-order valence-electron chi connectivity index (χ0n) is 4.89. The van der Waals surface area contributed by atoms with Crippen molar-refractivity contribution in [3.63, 3.8) is 0 Å². The zero-order valence-corrected chi connectivity index (χ0v) is 4.89. The lowest BCUT2D eigenvalue weighted by Crippen LogP contribution is -1.98. The van der Waals surface area contributed by atoms with Gasteiger partial charge in [-0.1, -0.05) is 12.1 Å². The molecular weight excluding hydrogens is 117 g/mol. The topological polar surface area (TPSA) is 26.0 Å². The van der Waals surface area contributed by atoms with Crippen LogP contribution in [-0.2, 0) is 6.54 Å². The number of hydrogen-bond donors (Lipinski definition) is 1. The lowest BCUT2D eigenvalue weighted by molar-refractivity contribution is 0.610. The first-order valence-electron chi connectivity index (χ1n) is 2.69. The first kappa shape index (κ1) is 6.23. The van der Waals surface area contributed by atoms with Crippen LogP contribution < -0.4 is 5.73 Å². The molecule has 0 heterocycles. The van der Waals surface area contributed by atoms with Crippen molar-refractivity contribution in [3.8, 4) is 0 Å². The monoisotopic (exact) mass is 124 g/mol. The summed E-state index contributed by atoms with van der Waals surface area (Å²) < 4.78 is 12.5. The van der Waals surface area contributed by atoms with E-state index >= 15 is 0 Å². The molecule has 1 radical (unpaired) electrons. The van der Waals surface area contributed by atoms with Crippen molar-refractivity contribution >= 4 is 0 Å². The van der Waals surface area contributed by atoms with Crippen molar-refractivity contribution in [1.29, 1.82) is 0 Å². The van der Waals surface area contributed by atoms with Crippen LogP contribution in [0.25, 0.3) is 0 Å². The Labute approximate surface area is 53.3 Å². The van der Waals surface area contributed by atoms with E-state index in [4.69, 9.17) is 5.73 Å². The molecule has 2 heteroatoms. The van der Waals surface area contributed by atoms with Crippen molar-refractivity contribution in [2.75, 3.05) is 0 Å². The highest BCUT2D eigenvalue weighted by Crippen LogP contribution is 2.02. The van der Waals surface area contributed by atoms with Gasteiger partial charge in [-0.2, -0.15) is 0 Å². The van der Waals surface area contributed by atoms with Gasteiger partial charge in [0.25, 0.3) is 0 Å². The fourth-order valence-corrected chi connectivity index (χ4v) is 0.607. The highest BCUT2D eigenvalue weighted by molar-refractivity contribution is 5.14. The maximum Gasteiger partial charge on any atom is 0.128 e. The highest BCUT2D eigenvalue weighted by Gasteiger charge is 1.94. The van der Waals surface area contributed by atoms with Crippen LogP contribution in [0.5, 0.6) is 0 Å². The van der Waals surface area contributed by atoms with E-state index in [2.05, 4.69) is 6.07 Å². The van der Waals surface area contributed by atoms with Gasteiger partial charge in [-0.25, -0.2) is 4.39 Å². The zero-order chi connectivity index (χ0) is 6.69. The molecule has 0 saturated heterocycles. The number of halogens is 1. The predicted molar refractivity (Wildman–Crippen MR) is 33.1 cm³/mol. The standard InChI is InChI=1S/C7H7FN/c8-7-4-2-1-3-6(7)5-9/h1-2,4H,5,9H2. The van der Waals surface area contributed by atoms with Gasteiger partial charge >= 0.3 is 0 Å². The molecule has 0 aliphatic heterocycles. The second kappa shape index (κ2) is 2.60. The van der Waals surface area contributed by atoms with Gasteiger partial charge in [-0.3, -0.25) is 0 Å². The van der Waals surface area contributed by atoms with Crippen molar-refractivity contribution in [3.05, 3.63) is 35.6 Å². The molecule has 0 bridgehead atoms. The van der Waals surface area contributed by atoms with Gasteiger partial charge in [0.2, 0.25) is 0 Å². The van der Waals surface area contributed by atoms with Crippen LogP contribution in [0.3, 0.4) is 0 Å². The molecule has 0 saturated carbocycles. The Morgan fingerprint density at radius 2 is 2.44 bits per heavy atom. The van der Waals surface area contributed by atoms with Crippen molar-refractivity contribution in [2.24, 2.45) is 5.73 Å². The van der Waals surface area contributed by atoms with Crippen molar-refractivity contribution in [1.82, 2.24) is 0 Å². The largest absolute Gasteiger partial charge is 0.326 e. The molecule has 1 aromatic carbocycles. The summed E-state index contributed by atoms with van der Waals surface area (Å²) in [6, 6.07) is 7.30. The van der Waals surface area contributed by atoms with Gasteiger partial charge in [-0.05, 0) is 12.1 Å². The molecule has 1 nitrogen and oxygen atoms in total. The van der Waals surface area contributed by atoms with Crippen molar-refractivity contribution < 1.29 is 4.39 Å². The third kappa shape index (κ3) is 1.27. The van der Waals surface area contributed by atoms with Gasteiger partial charge in [0.05, 0.1) is 0 Å². The summed E-state index contributed by atoms with van der Waals surface area (Å²) in [4.78, 5) is 0. The summed E-state index contributed by atoms with van der Waals surface area (Å²) in [7, 11) is 0. The molecule has 0 fully saturated rings. The Balaban J connectivity index is 3.01.